The van der Waals surface area contributed by atoms with E-state index in [2.05, 4.69) is 4.98 Å². The molecule has 0 saturated carbocycles. The second-order valence-electron chi connectivity index (χ2n) is 5.81. The summed E-state index contributed by atoms with van der Waals surface area (Å²) in [6, 6.07) is 9.33. The Hall–Kier alpha value is -2.99. The third-order valence-corrected chi connectivity index (χ3v) is 4.15. The molecule has 1 aliphatic heterocycles. The summed E-state index contributed by atoms with van der Waals surface area (Å²) >= 11 is 0. The molecule has 1 aromatic carbocycles. The second-order valence-corrected chi connectivity index (χ2v) is 5.81. The van der Waals surface area contributed by atoms with Crippen molar-refractivity contribution >= 4 is 30.4 Å². The number of aromatic nitrogens is 1. The molecule has 0 aliphatic carbocycles. The van der Waals surface area contributed by atoms with Gasteiger partial charge in [0.2, 0.25) is 0 Å². The Bertz CT molecular complexity index is 909. The first-order chi connectivity index (χ1) is 12.5. The first-order valence-corrected chi connectivity index (χ1v) is 7.99. The van der Waals surface area contributed by atoms with E-state index in [9.17, 15) is 14.0 Å². The molecule has 0 atom stereocenters. The van der Waals surface area contributed by atoms with Crippen molar-refractivity contribution in [2.45, 2.75) is 13.5 Å². The van der Waals surface area contributed by atoms with Gasteiger partial charge < -0.3 is 9.64 Å². The molecule has 1 aromatic heterocycles. The van der Waals surface area contributed by atoms with E-state index < -0.39 is 5.97 Å². The number of hydrogen-bond acceptors (Lipinski definition) is 4. The molecule has 0 unspecified atom stereocenters. The third kappa shape index (κ3) is 4.23. The summed E-state index contributed by atoms with van der Waals surface area (Å²) in [7, 11) is 1.27. The molecule has 2 heterocycles. The maximum absolute atomic E-state index is 13.1. The number of methoxy groups -OCH3 is 1. The van der Waals surface area contributed by atoms with Crippen LogP contribution in [-0.4, -0.2) is 28.9 Å². The maximum Gasteiger partial charge on any atom is 0.340 e. The average Bonchev–Trinajstić information content (AvgIpc) is 2.88. The Balaban J connectivity index is 0.00000261. The van der Waals surface area contributed by atoms with Gasteiger partial charge in [0.1, 0.15) is 5.82 Å². The fraction of sp³-hybridized carbons (Fsp3) is 0.150. The van der Waals surface area contributed by atoms with Gasteiger partial charge in [0.05, 0.1) is 24.8 Å². The van der Waals surface area contributed by atoms with Crippen molar-refractivity contribution in [1.29, 1.82) is 0 Å². The molecule has 0 spiro atoms. The number of carbonyl (C=O) groups is 2. The van der Waals surface area contributed by atoms with Gasteiger partial charge in [-0.05, 0) is 42.3 Å². The third-order valence-electron chi connectivity index (χ3n) is 4.15. The number of pyridine rings is 1. The SMILES string of the molecule is COC(=O)C1=C(C)N(Cc2cccnc2)C(=O)/C1=C\c1ccc(F)cc1.Cl. The molecule has 27 heavy (non-hydrogen) atoms. The van der Waals surface area contributed by atoms with E-state index in [1.165, 1.54) is 24.1 Å². The monoisotopic (exact) mass is 388 g/mol. The van der Waals surface area contributed by atoms with Crippen LogP contribution in [0.3, 0.4) is 0 Å². The second kappa shape index (κ2) is 8.60. The number of carbonyl (C=O) groups excluding carboxylic acids is 2. The van der Waals surface area contributed by atoms with Crippen molar-refractivity contribution in [3.8, 4) is 0 Å². The maximum atomic E-state index is 13.1. The van der Waals surface area contributed by atoms with Crippen molar-refractivity contribution in [2.75, 3.05) is 7.11 Å². The van der Waals surface area contributed by atoms with Crippen LogP contribution in [-0.2, 0) is 20.9 Å². The topological polar surface area (TPSA) is 59.5 Å². The van der Waals surface area contributed by atoms with Crippen LogP contribution in [0.2, 0.25) is 0 Å². The predicted octanol–water partition coefficient (Wildman–Crippen LogP) is 3.52. The summed E-state index contributed by atoms with van der Waals surface area (Å²) in [5.74, 6) is -1.27. The van der Waals surface area contributed by atoms with Crippen molar-refractivity contribution in [3.63, 3.8) is 0 Å². The first-order valence-electron chi connectivity index (χ1n) is 7.99. The fourth-order valence-electron chi connectivity index (χ4n) is 2.82. The normalized spacial score (nSPS) is 15.1. The Morgan fingerprint density at radius 3 is 2.56 bits per heavy atom. The Kier molecular flexibility index (Phi) is 6.47. The zero-order chi connectivity index (χ0) is 18.7. The summed E-state index contributed by atoms with van der Waals surface area (Å²) in [4.78, 5) is 30.7. The lowest BCUT2D eigenvalue weighted by atomic mass is 10.0. The lowest BCUT2D eigenvalue weighted by Crippen LogP contribution is -2.24. The highest BCUT2D eigenvalue weighted by Gasteiger charge is 2.36. The minimum atomic E-state index is -0.585. The fourth-order valence-corrected chi connectivity index (χ4v) is 2.82. The highest BCUT2D eigenvalue weighted by atomic mass is 35.5. The van der Waals surface area contributed by atoms with Crippen molar-refractivity contribution in [3.05, 3.63) is 82.6 Å². The average molecular weight is 389 g/mol. The molecule has 0 bridgehead atoms. The summed E-state index contributed by atoms with van der Waals surface area (Å²) in [5, 5.41) is 0. The zero-order valence-electron chi connectivity index (χ0n) is 14.8. The van der Waals surface area contributed by atoms with Gasteiger partial charge in [-0.25, -0.2) is 9.18 Å². The molecule has 7 heteroatoms. The molecule has 2 aromatic rings. The first kappa shape index (κ1) is 20.3. The van der Waals surface area contributed by atoms with Crippen molar-refractivity contribution < 1.29 is 18.7 Å². The molecule has 140 valence electrons. The van der Waals surface area contributed by atoms with Crippen LogP contribution < -0.4 is 0 Å². The molecule has 0 radical (unpaired) electrons. The Labute approximate surface area is 162 Å². The van der Waals surface area contributed by atoms with Gasteiger partial charge in [0, 0.05) is 18.1 Å². The minimum Gasteiger partial charge on any atom is -0.465 e. The number of amides is 1. The number of nitrogens with zero attached hydrogens (tertiary/aromatic N) is 2. The number of esters is 1. The summed E-state index contributed by atoms with van der Waals surface area (Å²) in [5.41, 5.74) is 2.41. The van der Waals surface area contributed by atoms with Gasteiger partial charge in [-0.15, -0.1) is 12.4 Å². The Morgan fingerprint density at radius 1 is 1.26 bits per heavy atom. The quantitative estimate of drug-likeness (QED) is 0.594. The van der Waals surface area contributed by atoms with E-state index in [1.807, 2.05) is 6.07 Å². The van der Waals surface area contributed by atoms with Crippen LogP contribution in [0.5, 0.6) is 0 Å². The summed E-state index contributed by atoms with van der Waals surface area (Å²) < 4.78 is 18.0. The number of allylic oxidation sites excluding steroid dienone is 1. The van der Waals surface area contributed by atoms with E-state index in [4.69, 9.17) is 4.74 Å². The molecule has 1 amide bonds. The van der Waals surface area contributed by atoms with E-state index in [-0.39, 0.29) is 35.3 Å². The number of rotatable bonds is 4. The molecule has 3 rings (SSSR count). The standard InChI is InChI=1S/C20H17FN2O3.ClH/c1-13-18(20(25)26-2)17(10-14-5-7-16(21)8-6-14)19(24)23(13)12-15-4-3-9-22-11-15;/h3-11H,12H2,1-2H3;1H/b17-10-;. The lowest BCUT2D eigenvalue weighted by Gasteiger charge is -2.17. The van der Waals surface area contributed by atoms with E-state index in [1.54, 1.807) is 43.6 Å². The summed E-state index contributed by atoms with van der Waals surface area (Å²) in [6.45, 7) is 1.99. The highest BCUT2D eigenvalue weighted by Crippen LogP contribution is 2.32. The lowest BCUT2D eigenvalue weighted by molar-refractivity contribution is -0.136. The van der Waals surface area contributed by atoms with Gasteiger partial charge >= 0.3 is 5.97 Å². The van der Waals surface area contributed by atoms with E-state index in [0.717, 1.165) is 5.56 Å². The minimum absolute atomic E-state index is 0. The van der Waals surface area contributed by atoms with Crippen LogP contribution in [0.15, 0.2) is 65.6 Å². The van der Waals surface area contributed by atoms with Gasteiger partial charge in [0.25, 0.3) is 5.91 Å². The largest absolute Gasteiger partial charge is 0.465 e. The molecule has 0 N–H and O–H groups in total. The van der Waals surface area contributed by atoms with Crippen LogP contribution in [0.25, 0.3) is 6.08 Å². The molecule has 5 nitrogen and oxygen atoms in total. The van der Waals surface area contributed by atoms with Gasteiger partial charge in [0.15, 0.2) is 0 Å². The van der Waals surface area contributed by atoms with Crippen LogP contribution in [0.4, 0.5) is 4.39 Å². The Morgan fingerprint density at radius 2 is 1.96 bits per heavy atom. The van der Waals surface area contributed by atoms with Gasteiger partial charge in [-0.2, -0.15) is 0 Å². The van der Waals surface area contributed by atoms with Crippen LogP contribution >= 0.6 is 12.4 Å². The van der Waals surface area contributed by atoms with Gasteiger partial charge in [-0.3, -0.25) is 9.78 Å². The molecule has 0 saturated heterocycles. The molecule has 1 aliphatic rings. The molecule has 0 fully saturated rings. The highest BCUT2D eigenvalue weighted by molar-refractivity contribution is 6.16. The van der Waals surface area contributed by atoms with Crippen LogP contribution in [0.1, 0.15) is 18.1 Å². The summed E-state index contributed by atoms with van der Waals surface area (Å²) in [6.07, 6.45) is 4.89. The molecular formula is C20H18ClFN2O3. The number of ether oxygens (including phenoxy) is 1. The van der Waals surface area contributed by atoms with Gasteiger partial charge in [-0.1, -0.05) is 18.2 Å². The number of hydrogen-bond donors (Lipinski definition) is 0. The van der Waals surface area contributed by atoms with E-state index >= 15 is 0 Å². The van der Waals surface area contributed by atoms with Crippen LogP contribution in [0, 0.1) is 5.82 Å². The zero-order valence-corrected chi connectivity index (χ0v) is 15.6. The number of benzene rings is 1. The smallest absolute Gasteiger partial charge is 0.340 e. The van der Waals surface area contributed by atoms with Crippen molar-refractivity contribution in [1.82, 2.24) is 9.88 Å². The number of halogens is 2. The molecular weight excluding hydrogens is 371 g/mol. The van der Waals surface area contributed by atoms with Crippen molar-refractivity contribution in [2.24, 2.45) is 0 Å². The predicted molar refractivity (Wildman–Crippen MR) is 101 cm³/mol. The van der Waals surface area contributed by atoms with E-state index in [0.29, 0.717) is 17.8 Å².